The number of nitrogens with two attached hydrogens (primary N) is 2. The lowest BCUT2D eigenvalue weighted by Gasteiger charge is -1.96. The summed E-state index contributed by atoms with van der Waals surface area (Å²) in [6.45, 7) is 0. The number of carboxylic acid groups (broad SMARTS) is 2. The van der Waals surface area contributed by atoms with Crippen molar-refractivity contribution in [1.82, 2.24) is 0 Å². The molecule has 19 heavy (non-hydrogen) atoms. The monoisotopic (exact) mass is 288 g/mol. The molecule has 0 heterocycles. The van der Waals surface area contributed by atoms with Gasteiger partial charge in [-0.3, -0.25) is 0 Å². The quantitative estimate of drug-likeness (QED) is 0.435. The summed E-state index contributed by atoms with van der Waals surface area (Å²) in [5.41, 5.74) is 5.85. The number of primary sulfonamides is 1. The fourth-order valence-electron chi connectivity index (χ4n) is 0.800. The number of benzene rings is 1. The van der Waals surface area contributed by atoms with Gasteiger partial charge in [0.15, 0.2) is 0 Å². The zero-order valence-electron chi connectivity index (χ0n) is 9.55. The number of sulfonamides is 1. The van der Waals surface area contributed by atoms with Crippen molar-refractivity contribution in [1.29, 1.82) is 0 Å². The van der Waals surface area contributed by atoms with E-state index in [2.05, 4.69) is 0 Å². The second kappa shape index (κ2) is 7.13. The van der Waals surface area contributed by atoms with E-state index >= 15 is 0 Å². The summed E-state index contributed by atoms with van der Waals surface area (Å²) in [5, 5.41) is 20.5. The summed E-state index contributed by atoms with van der Waals surface area (Å²) in [4.78, 5) is 19.2. The fourth-order valence-corrected chi connectivity index (χ4v) is 1.32. The third kappa shape index (κ3) is 8.35. The number of rotatable bonds is 3. The van der Waals surface area contributed by atoms with Crippen LogP contribution in [-0.2, 0) is 19.6 Å². The van der Waals surface area contributed by atoms with Crippen molar-refractivity contribution in [2.24, 2.45) is 5.14 Å². The summed E-state index contributed by atoms with van der Waals surface area (Å²) < 4.78 is 21.4. The van der Waals surface area contributed by atoms with Crippen LogP contribution in [0.15, 0.2) is 41.3 Å². The number of anilines is 1. The van der Waals surface area contributed by atoms with Crippen molar-refractivity contribution < 1.29 is 28.2 Å². The summed E-state index contributed by atoms with van der Waals surface area (Å²) in [6.07, 6.45) is 1.12. The first-order chi connectivity index (χ1) is 8.62. The smallest absolute Gasteiger partial charge is 0.328 e. The Morgan fingerprint density at radius 1 is 1.00 bits per heavy atom. The predicted molar refractivity (Wildman–Crippen MR) is 66.6 cm³/mol. The highest BCUT2D eigenvalue weighted by molar-refractivity contribution is 7.89. The minimum atomic E-state index is -3.58. The van der Waals surface area contributed by atoms with E-state index in [9.17, 15) is 18.0 Å². The van der Waals surface area contributed by atoms with Crippen LogP contribution in [0.25, 0.3) is 0 Å². The lowest BCUT2D eigenvalue weighted by Crippen LogP contribution is -2.11. The van der Waals surface area contributed by atoms with Gasteiger partial charge in [-0.1, -0.05) is 0 Å². The van der Waals surface area contributed by atoms with Gasteiger partial charge in [0.05, 0.1) is 4.90 Å². The molecule has 6 N–H and O–H groups in total. The van der Waals surface area contributed by atoms with E-state index in [1.807, 2.05) is 0 Å². The van der Waals surface area contributed by atoms with E-state index < -0.39 is 22.0 Å². The highest BCUT2D eigenvalue weighted by atomic mass is 32.2. The van der Waals surface area contributed by atoms with Gasteiger partial charge in [-0.05, 0) is 24.3 Å². The van der Waals surface area contributed by atoms with Crippen LogP contribution in [0, 0.1) is 0 Å². The molecule has 0 fully saturated rings. The average molecular weight is 288 g/mol. The van der Waals surface area contributed by atoms with E-state index in [1.165, 1.54) is 24.3 Å². The molecule has 0 bridgehead atoms. The lowest BCUT2D eigenvalue weighted by molar-refractivity contribution is -0.134. The van der Waals surface area contributed by atoms with Gasteiger partial charge in [0.1, 0.15) is 0 Å². The number of aliphatic carboxylic acids is 2. The molecule has 1 aromatic rings. The summed E-state index contributed by atoms with van der Waals surface area (Å²) in [6, 6.07) is 5.70. The molecule has 8 nitrogen and oxygen atoms in total. The van der Waals surface area contributed by atoms with Gasteiger partial charge in [-0.25, -0.2) is 23.1 Å². The molecule has 0 amide bonds. The van der Waals surface area contributed by atoms with Gasteiger partial charge in [0, 0.05) is 17.8 Å². The Labute approximate surface area is 109 Å². The van der Waals surface area contributed by atoms with Gasteiger partial charge >= 0.3 is 11.9 Å². The van der Waals surface area contributed by atoms with E-state index in [0.717, 1.165) is 0 Å². The van der Waals surface area contributed by atoms with E-state index in [4.69, 9.17) is 21.1 Å². The van der Waals surface area contributed by atoms with Crippen LogP contribution in [0.1, 0.15) is 0 Å². The molecule has 9 heteroatoms. The number of hydrogen-bond acceptors (Lipinski definition) is 5. The Kier molecular flexibility index (Phi) is 6.24. The second-order valence-electron chi connectivity index (χ2n) is 3.12. The van der Waals surface area contributed by atoms with Crippen LogP contribution in [-0.4, -0.2) is 30.6 Å². The maximum atomic E-state index is 10.7. The van der Waals surface area contributed by atoms with Crippen LogP contribution in [0.3, 0.4) is 0 Å². The standard InChI is InChI=1S/C6H8N2O2S.C4H4O4/c7-5-1-3-6(4-2-5)11(8,9)10;5-3(6)1-2-4(7)8/h1-4H,7H2,(H2,8,9,10);1-2H,(H,5,6)(H,7,8). The van der Waals surface area contributed by atoms with Crippen LogP contribution in [0.5, 0.6) is 0 Å². The Balaban J connectivity index is 0.000000362. The van der Waals surface area contributed by atoms with Gasteiger partial charge in [-0.15, -0.1) is 0 Å². The Hall–Kier alpha value is -2.39. The van der Waals surface area contributed by atoms with Crippen molar-refractivity contribution in [3.8, 4) is 0 Å². The Morgan fingerprint density at radius 3 is 1.63 bits per heavy atom. The number of carboxylic acids is 2. The second-order valence-corrected chi connectivity index (χ2v) is 4.69. The number of hydrogen-bond donors (Lipinski definition) is 4. The molecule has 0 saturated carbocycles. The van der Waals surface area contributed by atoms with Crippen molar-refractivity contribution in [3.63, 3.8) is 0 Å². The molecular weight excluding hydrogens is 276 g/mol. The zero-order valence-corrected chi connectivity index (χ0v) is 10.4. The molecule has 1 rings (SSSR count). The molecular formula is C10H12N2O6S. The van der Waals surface area contributed by atoms with E-state index in [0.29, 0.717) is 17.8 Å². The molecule has 0 aliphatic rings. The van der Waals surface area contributed by atoms with Crippen LogP contribution >= 0.6 is 0 Å². The Bertz CT molecular complexity index is 561. The third-order valence-electron chi connectivity index (χ3n) is 1.58. The minimum absolute atomic E-state index is 0.0756. The number of nitrogen functional groups attached to an aromatic ring is 1. The molecule has 0 aliphatic carbocycles. The highest BCUT2D eigenvalue weighted by Crippen LogP contribution is 2.08. The van der Waals surface area contributed by atoms with Crippen molar-refractivity contribution in [2.45, 2.75) is 4.90 Å². The highest BCUT2D eigenvalue weighted by Gasteiger charge is 2.04. The first-order valence-electron chi connectivity index (χ1n) is 4.65. The first kappa shape index (κ1) is 16.6. The molecule has 0 atom stereocenters. The summed E-state index contributed by atoms with van der Waals surface area (Å²) in [5.74, 6) is -2.51. The molecule has 0 unspecified atom stereocenters. The Morgan fingerprint density at radius 2 is 1.37 bits per heavy atom. The normalized spacial score (nSPS) is 10.6. The van der Waals surface area contributed by atoms with Crippen molar-refractivity contribution in [2.75, 3.05) is 5.73 Å². The maximum absolute atomic E-state index is 10.7. The summed E-state index contributed by atoms with van der Waals surface area (Å²) in [7, 11) is -3.58. The van der Waals surface area contributed by atoms with Gasteiger partial charge < -0.3 is 15.9 Å². The lowest BCUT2D eigenvalue weighted by atomic mass is 10.3. The molecule has 104 valence electrons. The van der Waals surface area contributed by atoms with Gasteiger partial charge in [-0.2, -0.15) is 0 Å². The largest absolute Gasteiger partial charge is 0.478 e. The van der Waals surface area contributed by atoms with Crippen molar-refractivity contribution >= 4 is 27.6 Å². The van der Waals surface area contributed by atoms with Crippen LogP contribution < -0.4 is 10.9 Å². The van der Waals surface area contributed by atoms with Gasteiger partial charge in [0.2, 0.25) is 10.0 Å². The van der Waals surface area contributed by atoms with Crippen LogP contribution in [0.2, 0.25) is 0 Å². The molecule has 1 aromatic carbocycles. The van der Waals surface area contributed by atoms with Crippen LogP contribution in [0.4, 0.5) is 5.69 Å². The number of carbonyl (C=O) groups is 2. The van der Waals surface area contributed by atoms with E-state index in [1.54, 1.807) is 0 Å². The molecule has 0 aliphatic heterocycles. The molecule has 0 saturated heterocycles. The topological polar surface area (TPSA) is 161 Å². The zero-order chi connectivity index (χ0) is 15.1. The van der Waals surface area contributed by atoms with Gasteiger partial charge in [0.25, 0.3) is 0 Å². The summed E-state index contributed by atoms with van der Waals surface area (Å²) >= 11 is 0. The van der Waals surface area contributed by atoms with Crippen molar-refractivity contribution in [3.05, 3.63) is 36.4 Å². The predicted octanol–water partition coefficient (Wildman–Crippen LogP) is -0.372. The molecule has 0 spiro atoms. The van der Waals surface area contributed by atoms with E-state index in [-0.39, 0.29) is 4.90 Å². The SMILES string of the molecule is Nc1ccc(S(N)(=O)=O)cc1.O=C(O)C=CC(=O)O. The minimum Gasteiger partial charge on any atom is -0.478 e. The molecule has 0 radical (unpaired) electrons. The third-order valence-corrected chi connectivity index (χ3v) is 2.51. The maximum Gasteiger partial charge on any atom is 0.328 e. The first-order valence-corrected chi connectivity index (χ1v) is 6.20. The average Bonchev–Trinajstić information content (AvgIpc) is 2.26. The fraction of sp³-hybridized carbons (Fsp3) is 0. The molecule has 0 aromatic heterocycles.